The van der Waals surface area contributed by atoms with Gasteiger partial charge in [-0.25, -0.2) is 9.59 Å². The first-order chi connectivity index (χ1) is 14.1. The van der Waals surface area contributed by atoms with Crippen molar-refractivity contribution in [2.45, 2.75) is 76.1 Å². The summed E-state index contributed by atoms with van der Waals surface area (Å²) >= 11 is 0. The Morgan fingerprint density at radius 2 is 1.77 bits per heavy atom. The monoisotopic (exact) mass is 414 g/mol. The van der Waals surface area contributed by atoms with Gasteiger partial charge in [-0.3, -0.25) is 9.69 Å². The fraction of sp³-hybridized carbons (Fsp3) is 0.609. The number of nitrogens with zero attached hydrogens (tertiary/aromatic N) is 1. The molecule has 0 aromatic heterocycles. The van der Waals surface area contributed by atoms with E-state index < -0.39 is 23.3 Å². The van der Waals surface area contributed by atoms with Crippen LogP contribution in [0.1, 0.15) is 68.8 Å². The van der Waals surface area contributed by atoms with Crippen molar-refractivity contribution in [1.29, 1.82) is 0 Å². The summed E-state index contributed by atoms with van der Waals surface area (Å²) in [6.07, 6.45) is 3.83. The molecule has 2 aliphatic carbocycles. The Kier molecular flexibility index (Phi) is 5.03. The van der Waals surface area contributed by atoms with Crippen LogP contribution in [0.3, 0.4) is 0 Å². The third-order valence-electron chi connectivity index (χ3n) is 6.27. The molecule has 0 spiro atoms. The summed E-state index contributed by atoms with van der Waals surface area (Å²) < 4.78 is 10.3. The molecule has 1 N–H and O–H groups in total. The van der Waals surface area contributed by atoms with E-state index in [1.807, 2.05) is 32.9 Å². The lowest BCUT2D eigenvalue weighted by Gasteiger charge is -2.36. The second-order valence-corrected chi connectivity index (χ2v) is 9.68. The Morgan fingerprint density at radius 1 is 1.10 bits per heavy atom. The van der Waals surface area contributed by atoms with Crippen molar-refractivity contribution in [3.05, 3.63) is 35.4 Å². The Bertz CT molecular complexity index is 853. The number of benzene rings is 1. The molecule has 0 radical (unpaired) electrons. The number of hydrogen-bond donors (Lipinski definition) is 1. The lowest BCUT2D eigenvalue weighted by atomic mass is 9.99. The van der Waals surface area contributed by atoms with Crippen LogP contribution < -0.4 is 5.32 Å². The van der Waals surface area contributed by atoms with E-state index in [1.165, 1.54) is 7.11 Å². The molecule has 30 heavy (non-hydrogen) atoms. The Morgan fingerprint density at radius 3 is 2.33 bits per heavy atom. The van der Waals surface area contributed by atoms with Gasteiger partial charge >= 0.3 is 12.1 Å². The van der Waals surface area contributed by atoms with E-state index in [9.17, 15) is 14.4 Å². The van der Waals surface area contributed by atoms with E-state index >= 15 is 0 Å². The summed E-state index contributed by atoms with van der Waals surface area (Å²) in [7, 11) is 1.35. The minimum Gasteiger partial charge on any atom is -0.465 e. The van der Waals surface area contributed by atoms with Gasteiger partial charge in [0.05, 0.1) is 18.2 Å². The summed E-state index contributed by atoms with van der Waals surface area (Å²) in [5.41, 5.74) is 0.420. The van der Waals surface area contributed by atoms with Crippen LogP contribution in [-0.4, -0.2) is 47.7 Å². The molecule has 2 saturated carbocycles. The highest BCUT2D eigenvalue weighted by molar-refractivity contribution is 5.89. The molecule has 2 unspecified atom stereocenters. The number of fused-ring (bicyclic) bond motifs is 1. The van der Waals surface area contributed by atoms with Crippen LogP contribution in [0, 0.1) is 5.92 Å². The van der Waals surface area contributed by atoms with Crippen molar-refractivity contribution in [2.75, 3.05) is 7.11 Å². The van der Waals surface area contributed by atoms with Crippen LogP contribution in [0.25, 0.3) is 0 Å². The maximum absolute atomic E-state index is 13.3. The van der Waals surface area contributed by atoms with Crippen molar-refractivity contribution in [3.63, 3.8) is 0 Å². The van der Waals surface area contributed by atoms with Crippen molar-refractivity contribution in [1.82, 2.24) is 10.2 Å². The highest BCUT2D eigenvalue weighted by Gasteiger charge is 2.55. The average molecular weight is 415 g/mol. The summed E-state index contributed by atoms with van der Waals surface area (Å²) in [4.78, 5) is 39.4. The van der Waals surface area contributed by atoms with Crippen LogP contribution in [0.5, 0.6) is 0 Å². The molecule has 1 aromatic rings. The molecule has 3 fully saturated rings. The fourth-order valence-corrected chi connectivity index (χ4v) is 4.43. The van der Waals surface area contributed by atoms with Gasteiger partial charge in [0.1, 0.15) is 11.6 Å². The first kappa shape index (κ1) is 20.7. The van der Waals surface area contributed by atoms with Gasteiger partial charge in [-0.1, -0.05) is 12.1 Å². The van der Waals surface area contributed by atoms with Crippen molar-refractivity contribution >= 4 is 18.0 Å². The van der Waals surface area contributed by atoms with E-state index in [0.29, 0.717) is 17.9 Å². The number of piperidine rings is 1. The van der Waals surface area contributed by atoms with Gasteiger partial charge in [-0.05, 0) is 76.5 Å². The van der Waals surface area contributed by atoms with Crippen LogP contribution >= 0.6 is 0 Å². The summed E-state index contributed by atoms with van der Waals surface area (Å²) in [5, 5.41) is 3.20. The summed E-state index contributed by atoms with van der Waals surface area (Å²) in [6.45, 7) is 5.52. The van der Waals surface area contributed by atoms with Crippen molar-refractivity contribution in [2.24, 2.45) is 5.92 Å². The number of carbonyl (C=O) groups excluding carboxylic acids is 3. The molecule has 162 valence electrons. The highest BCUT2D eigenvalue weighted by atomic mass is 16.6. The largest absolute Gasteiger partial charge is 0.465 e. The molecule has 1 heterocycles. The van der Waals surface area contributed by atoms with Crippen LogP contribution in [0.2, 0.25) is 0 Å². The number of likely N-dealkylation sites (tertiary alicyclic amines) is 1. The summed E-state index contributed by atoms with van der Waals surface area (Å²) in [6, 6.07) is 6.77. The molecule has 3 atom stereocenters. The van der Waals surface area contributed by atoms with Crippen molar-refractivity contribution in [3.8, 4) is 0 Å². The molecular formula is C23H30N2O5. The minimum absolute atomic E-state index is 0.110. The lowest BCUT2D eigenvalue weighted by Crippen LogP contribution is -2.55. The Balaban J connectivity index is 1.48. The second kappa shape index (κ2) is 7.29. The number of carbonyl (C=O) groups is 3. The van der Waals surface area contributed by atoms with E-state index in [4.69, 9.17) is 9.47 Å². The maximum Gasteiger partial charge on any atom is 0.411 e. The first-order valence-corrected chi connectivity index (χ1v) is 10.7. The van der Waals surface area contributed by atoms with Gasteiger partial charge < -0.3 is 14.8 Å². The van der Waals surface area contributed by atoms with Crippen molar-refractivity contribution < 1.29 is 23.9 Å². The molecule has 3 aliphatic rings. The predicted octanol–water partition coefficient (Wildman–Crippen LogP) is 3.37. The fourth-order valence-electron chi connectivity index (χ4n) is 4.43. The SMILES string of the molecule is COC(=O)c1ccc(C2(NC(=O)[C@H]3CCC4CC4N3C(=O)OC(C)(C)C)CC2)cc1. The third-order valence-corrected chi connectivity index (χ3v) is 6.27. The molecule has 4 rings (SSSR count). The molecular weight excluding hydrogens is 384 g/mol. The van der Waals surface area contributed by atoms with Crippen LogP contribution in [-0.2, 0) is 19.8 Å². The van der Waals surface area contributed by atoms with E-state index in [-0.39, 0.29) is 17.9 Å². The lowest BCUT2D eigenvalue weighted by molar-refractivity contribution is -0.129. The first-order valence-electron chi connectivity index (χ1n) is 10.7. The number of hydrogen-bond acceptors (Lipinski definition) is 5. The quantitative estimate of drug-likeness (QED) is 0.764. The number of nitrogens with one attached hydrogen (secondary N) is 1. The van der Waals surface area contributed by atoms with E-state index in [0.717, 1.165) is 31.2 Å². The molecule has 1 aromatic carbocycles. The van der Waals surface area contributed by atoms with Gasteiger partial charge in [0.2, 0.25) is 5.91 Å². The van der Waals surface area contributed by atoms with Crippen LogP contribution in [0.4, 0.5) is 4.79 Å². The van der Waals surface area contributed by atoms with E-state index in [1.54, 1.807) is 17.0 Å². The van der Waals surface area contributed by atoms with Gasteiger partial charge in [0, 0.05) is 6.04 Å². The average Bonchev–Trinajstić information content (AvgIpc) is 3.60. The molecule has 7 nitrogen and oxygen atoms in total. The van der Waals surface area contributed by atoms with Gasteiger partial charge in [-0.2, -0.15) is 0 Å². The molecule has 1 aliphatic heterocycles. The van der Waals surface area contributed by atoms with Gasteiger partial charge in [-0.15, -0.1) is 0 Å². The standard InChI is InChI=1S/C23H30N2O5/c1-22(2,3)30-21(28)25-17(10-7-15-13-18(15)25)19(26)24-23(11-12-23)16-8-5-14(6-9-16)20(27)29-4/h5-6,8-9,15,17-18H,7,10-13H2,1-4H3,(H,24,26)/t15?,17-,18?/m1/s1. The number of amides is 2. The molecule has 2 amide bonds. The number of rotatable bonds is 4. The normalized spacial score (nSPS) is 26.3. The molecule has 0 bridgehead atoms. The minimum atomic E-state index is -0.598. The Hall–Kier alpha value is -2.57. The second-order valence-electron chi connectivity index (χ2n) is 9.68. The highest BCUT2D eigenvalue weighted by Crippen LogP contribution is 2.48. The molecule has 7 heteroatoms. The number of ether oxygens (including phenoxy) is 2. The smallest absolute Gasteiger partial charge is 0.411 e. The topological polar surface area (TPSA) is 84.9 Å². The number of methoxy groups -OCH3 is 1. The zero-order valence-electron chi connectivity index (χ0n) is 18.1. The van der Waals surface area contributed by atoms with E-state index in [2.05, 4.69) is 5.32 Å². The predicted molar refractivity (Wildman–Crippen MR) is 110 cm³/mol. The Labute approximate surface area is 177 Å². The zero-order valence-corrected chi connectivity index (χ0v) is 18.1. The van der Waals surface area contributed by atoms with Gasteiger partial charge in [0.25, 0.3) is 0 Å². The third kappa shape index (κ3) is 4.02. The number of esters is 1. The maximum atomic E-state index is 13.3. The zero-order chi connectivity index (χ0) is 21.7. The summed E-state index contributed by atoms with van der Waals surface area (Å²) in [5.74, 6) is -0.0206. The van der Waals surface area contributed by atoms with Gasteiger partial charge in [0.15, 0.2) is 0 Å². The van der Waals surface area contributed by atoms with Crippen LogP contribution in [0.15, 0.2) is 24.3 Å². The molecule has 1 saturated heterocycles.